The lowest BCUT2D eigenvalue weighted by atomic mass is 10.1. The maximum atomic E-state index is 12.1. The average molecular weight is 428 g/mol. The van der Waals surface area contributed by atoms with Crippen molar-refractivity contribution in [1.29, 1.82) is 0 Å². The minimum atomic E-state index is 0.0450. The number of pyridine rings is 1. The van der Waals surface area contributed by atoms with E-state index in [9.17, 15) is 4.79 Å². The number of amides is 1. The van der Waals surface area contributed by atoms with Gasteiger partial charge in [0.2, 0.25) is 5.91 Å². The summed E-state index contributed by atoms with van der Waals surface area (Å²) in [5.74, 6) is 1.44. The Labute approximate surface area is 181 Å². The molecule has 3 rings (SSSR count). The maximum Gasteiger partial charge on any atom is 0.220 e. The van der Waals surface area contributed by atoms with Gasteiger partial charge in [-0.15, -0.1) is 0 Å². The second-order valence-electron chi connectivity index (χ2n) is 6.84. The molecule has 0 aliphatic carbocycles. The van der Waals surface area contributed by atoms with Crippen molar-refractivity contribution in [2.24, 2.45) is 0 Å². The minimum absolute atomic E-state index is 0.0450. The molecular weight excluding hydrogens is 402 g/mol. The third-order valence-electron chi connectivity index (χ3n) is 4.78. The Morgan fingerprint density at radius 1 is 1.03 bits per heavy atom. The lowest BCUT2D eigenvalue weighted by Crippen LogP contribution is -2.25. The molecule has 2 N–H and O–H groups in total. The van der Waals surface area contributed by atoms with Crippen molar-refractivity contribution in [2.45, 2.75) is 19.3 Å². The number of carbonyl (C=O) groups is 1. The van der Waals surface area contributed by atoms with E-state index in [4.69, 9.17) is 21.1 Å². The van der Waals surface area contributed by atoms with Crippen molar-refractivity contribution in [3.63, 3.8) is 0 Å². The number of anilines is 1. The summed E-state index contributed by atoms with van der Waals surface area (Å²) < 4.78 is 10.5. The summed E-state index contributed by atoms with van der Waals surface area (Å²) in [4.78, 5) is 16.4. The Hall–Kier alpha value is -2.99. The predicted octanol–water partition coefficient (Wildman–Crippen LogP) is 4.46. The van der Waals surface area contributed by atoms with Gasteiger partial charge >= 0.3 is 0 Å². The number of ether oxygens (including phenoxy) is 2. The first kappa shape index (κ1) is 21.7. The highest BCUT2D eigenvalue weighted by molar-refractivity contribution is 6.31. The van der Waals surface area contributed by atoms with Crippen LogP contribution in [0.25, 0.3) is 10.9 Å². The van der Waals surface area contributed by atoms with Gasteiger partial charge < -0.3 is 20.1 Å². The quantitative estimate of drug-likeness (QED) is 0.467. The van der Waals surface area contributed by atoms with Crippen molar-refractivity contribution in [3.8, 4) is 11.5 Å². The van der Waals surface area contributed by atoms with Crippen molar-refractivity contribution in [3.05, 3.63) is 59.2 Å². The van der Waals surface area contributed by atoms with Crippen molar-refractivity contribution < 1.29 is 14.3 Å². The lowest BCUT2D eigenvalue weighted by molar-refractivity contribution is -0.121. The fourth-order valence-corrected chi connectivity index (χ4v) is 3.38. The summed E-state index contributed by atoms with van der Waals surface area (Å²) in [5, 5.41) is 8.03. The first-order chi connectivity index (χ1) is 14.6. The summed E-state index contributed by atoms with van der Waals surface area (Å²) in [5.41, 5.74) is 2.92. The van der Waals surface area contributed by atoms with Crippen LogP contribution in [0.1, 0.15) is 18.4 Å². The molecule has 7 heteroatoms. The standard InChI is InChI=1S/C23H26ClN3O3/c1-29-21-8-5-16(14-22(21)30-2)9-12-27-23(28)4-3-11-25-19-10-13-26-20-15-17(24)6-7-18(19)20/h5-8,10,13-15H,3-4,9,11-12H2,1-2H3,(H,25,26)(H,27,28). The topological polar surface area (TPSA) is 72.5 Å². The molecule has 30 heavy (non-hydrogen) atoms. The van der Waals surface area contributed by atoms with Crippen LogP contribution in [-0.4, -0.2) is 38.2 Å². The van der Waals surface area contributed by atoms with Crippen LogP contribution in [-0.2, 0) is 11.2 Å². The molecule has 158 valence electrons. The Morgan fingerprint density at radius 2 is 1.87 bits per heavy atom. The van der Waals surface area contributed by atoms with Gasteiger partial charge in [-0.1, -0.05) is 17.7 Å². The number of nitrogens with zero attached hydrogens (tertiary/aromatic N) is 1. The first-order valence-corrected chi connectivity index (χ1v) is 10.2. The van der Waals surface area contributed by atoms with E-state index >= 15 is 0 Å². The van der Waals surface area contributed by atoms with Gasteiger partial charge in [0.05, 0.1) is 19.7 Å². The summed E-state index contributed by atoms with van der Waals surface area (Å²) in [6.07, 6.45) is 3.69. The van der Waals surface area contributed by atoms with Gasteiger partial charge in [0.15, 0.2) is 11.5 Å². The van der Waals surface area contributed by atoms with E-state index in [0.29, 0.717) is 36.0 Å². The van der Waals surface area contributed by atoms with Gasteiger partial charge in [0.1, 0.15) is 0 Å². The summed E-state index contributed by atoms with van der Waals surface area (Å²) in [6, 6.07) is 13.4. The molecule has 0 aliphatic rings. The Kier molecular flexibility index (Phi) is 7.74. The number of benzene rings is 2. The summed E-state index contributed by atoms with van der Waals surface area (Å²) in [7, 11) is 3.22. The molecule has 0 saturated carbocycles. The van der Waals surface area contributed by atoms with Crippen LogP contribution in [0.3, 0.4) is 0 Å². The molecule has 0 saturated heterocycles. The Balaban J connectivity index is 1.40. The molecule has 1 heterocycles. The molecule has 0 atom stereocenters. The van der Waals surface area contributed by atoms with Gasteiger partial charge in [-0.3, -0.25) is 9.78 Å². The van der Waals surface area contributed by atoms with Crippen molar-refractivity contribution in [1.82, 2.24) is 10.3 Å². The number of rotatable bonds is 10. The minimum Gasteiger partial charge on any atom is -0.493 e. The van der Waals surface area contributed by atoms with Crippen LogP contribution < -0.4 is 20.1 Å². The first-order valence-electron chi connectivity index (χ1n) is 9.86. The zero-order chi connectivity index (χ0) is 21.3. The normalized spacial score (nSPS) is 10.6. The monoisotopic (exact) mass is 427 g/mol. The van der Waals surface area contributed by atoms with Crippen LogP contribution in [0.15, 0.2) is 48.7 Å². The number of fused-ring (bicyclic) bond motifs is 1. The number of aromatic nitrogens is 1. The third kappa shape index (κ3) is 5.76. The summed E-state index contributed by atoms with van der Waals surface area (Å²) in [6.45, 7) is 1.28. The molecule has 1 amide bonds. The van der Waals surface area contributed by atoms with Gasteiger partial charge in [-0.05, 0) is 54.8 Å². The SMILES string of the molecule is COc1ccc(CCNC(=O)CCCNc2ccnc3cc(Cl)ccc23)cc1OC. The Bertz CT molecular complexity index is 1010. The average Bonchev–Trinajstić information content (AvgIpc) is 2.76. The predicted molar refractivity (Wildman–Crippen MR) is 121 cm³/mol. The molecule has 2 aromatic carbocycles. The Morgan fingerprint density at radius 3 is 2.67 bits per heavy atom. The molecule has 3 aromatic rings. The van der Waals surface area contributed by atoms with E-state index in [-0.39, 0.29) is 5.91 Å². The van der Waals surface area contributed by atoms with E-state index in [0.717, 1.165) is 35.0 Å². The number of methoxy groups -OCH3 is 2. The molecule has 0 aliphatic heterocycles. The molecule has 0 unspecified atom stereocenters. The fraction of sp³-hybridized carbons (Fsp3) is 0.304. The number of carbonyl (C=O) groups excluding carboxylic acids is 1. The van der Waals surface area contributed by atoms with E-state index in [1.807, 2.05) is 42.5 Å². The molecule has 6 nitrogen and oxygen atoms in total. The molecule has 0 fully saturated rings. The molecule has 0 bridgehead atoms. The number of hydrogen-bond donors (Lipinski definition) is 2. The van der Waals surface area contributed by atoms with Crippen LogP contribution >= 0.6 is 11.6 Å². The summed E-state index contributed by atoms with van der Waals surface area (Å²) >= 11 is 6.03. The second-order valence-corrected chi connectivity index (χ2v) is 7.28. The number of halogens is 1. The zero-order valence-corrected chi connectivity index (χ0v) is 18.0. The van der Waals surface area contributed by atoms with Crippen molar-refractivity contribution >= 4 is 34.1 Å². The molecule has 0 spiro atoms. The number of hydrogen-bond acceptors (Lipinski definition) is 5. The van der Waals surface area contributed by atoms with Crippen LogP contribution in [0, 0.1) is 0 Å². The van der Waals surface area contributed by atoms with Crippen LogP contribution in [0.4, 0.5) is 5.69 Å². The highest BCUT2D eigenvalue weighted by atomic mass is 35.5. The molecular formula is C23H26ClN3O3. The zero-order valence-electron chi connectivity index (χ0n) is 17.2. The van der Waals surface area contributed by atoms with E-state index in [1.54, 1.807) is 20.4 Å². The number of nitrogens with one attached hydrogen (secondary N) is 2. The van der Waals surface area contributed by atoms with Crippen molar-refractivity contribution in [2.75, 3.05) is 32.6 Å². The smallest absolute Gasteiger partial charge is 0.220 e. The van der Waals surface area contributed by atoms with Gasteiger partial charge in [-0.25, -0.2) is 0 Å². The fourth-order valence-electron chi connectivity index (χ4n) is 3.22. The van der Waals surface area contributed by atoms with Gasteiger partial charge in [0, 0.05) is 41.8 Å². The van der Waals surface area contributed by atoms with Gasteiger partial charge in [0.25, 0.3) is 0 Å². The highest BCUT2D eigenvalue weighted by Crippen LogP contribution is 2.27. The highest BCUT2D eigenvalue weighted by Gasteiger charge is 2.06. The molecule has 0 radical (unpaired) electrons. The van der Waals surface area contributed by atoms with E-state index < -0.39 is 0 Å². The molecule has 1 aromatic heterocycles. The van der Waals surface area contributed by atoms with Gasteiger partial charge in [-0.2, -0.15) is 0 Å². The largest absolute Gasteiger partial charge is 0.493 e. The van der Waals surface area contributed by atoms with E-state index in [1.165, 1.54) is 0 Å². The van der Waals surface area contributed by atoms with Crippen LogP contribution in [0.5, 0.6) is 11.5 Å². The second kappa shape index (κ2) is 10.7. The lowest BCUT2D eigenvalue weighted by Gasteiger charge is -2.11. The van der Waals surface area contributed by atoms with E-state index in [2.05, 4.69) is 15.6 Å². The third-order valence-corrected chi connectivity index (χ3v) is 5.02. The van der Waals surface area contributed by atoms with Crippen LogP contribution in [0.2, 0.25) is 5.02 Å². The maximum absolute atomic E-state index is 12.1.